The van der Waals surface area contributed by atoms with Gasteiger partial charge in [-0.15, -0.1) is 0 Å². The number of benzene rings is 1. The van der Waals surface area contributed by atoms with Crippen molar-refractivity contribution < 1.29 is 18.9 Å². The van der Waals surface area contributed by atoms with Crippen LogP contribution in [0.1, 0.15) is 11.1 Å². The number of ether oxygens (including phenoxy) is 4. The van der Waals surface area contributed by atoms with Gasteiger partial charge in [0, 0.05) is 36.9 Å². The van der Waals surface area contributed by atoms with Crippen molar-refractivity contribution in [2.45, 2.75) is 6.42 Å². The minimum Gasteiger partial charge on any atom is -0.497 e. The van der Waals surface area contributed by atoms with Gasteiger partial charge in [-0.05, 0) is 6.07 Å². The van der Waals surface area contributed by atoms with Crippen LogP contribution in [0.4, 0.5) is 11.8 Å². The lowest BCUT2D eigenvalue weighted by molar-refractivity contribution is 0.143. The zero-order valence-electron chi connectivity index (χ0n) is 14.0. The predicted molar refractivity (Wildman–Crippen MR) is 90.6 cm³/mol. The maximum Gasteiger partial charge on any atom is 0.221 e. The van der Waals surface area contributed by atoms with Gasteiger partial charge >= 0.3 is 0 Å². The minimum absolute atomic E-state index is 0.135. The highest BCUT2D eigenvalue weighted by atomic mass is 16.5. The molecule has 0 aliphatic heterocycles. The Morgan fingerprint density at radius 2 is 1.79 bits per heavy atom. The van der Waals surface area contributed by atoms with Crippen LogP contribution in [-0.2, 0) is 11.2 Å². The SMILES string of the molecule is COCCOc1c(Cc2cnc(N)nc2N)cc(OC)cc1OC. The number of anilines is 2. The van der Waals surface area contributed by atoms with Gasteiger partial charge in [-0.2, -0.15) is 4.98 Å². The summed E-state index contributed by atoms with van der Waals surface area (Å²) in [6, 6.07) is 3.62. The summed E-state index contributed by atoms with van der Waals surface area (Å²) in [6.45, 7) is 0.849. The molecule has 130 valence electrons. The molecule has 1 aromatic carbocycles. The second-order valence-electron chi connectivity index (χ2n) is 4.97. The van der Waals surface area contributed by atoms with Crippen molar-refractivity contribution in [1.29, 1.82) is 0 Å². The van der Waals surface area contributed by atoms with E-state index in [0.717, 1.165) is 11.1 Å². The van der Waals surface area contributed by atoms with Crippen LogP contribution in [0, 0.1) is 0 Å². The minimum atomic E-state index is 0.135. The Bertz CT molecular complexity index is 694. The highest BCUT2D eigenvalue weighted by Gasteiger charge is 2.16. The van der Waals surface area contributed by atoms with E-state index in [4.69, 9.17) is 30.4 Å². The summed E-state index contributed by atoms with van der Waals surface area (Å²) >= 11 is 0. The average Bonchev–Trinajstić information content (AvgIpc) is 2.58. The van der Waals surface area contributed by atoms with Crippen molar-refractivity contribution in [3.63, 3.8) is 0 Å². The first kappa shape index (κ1) is 17.6. The van der Waals surface area contributed by atoms with Crippen LogP contribution in [0.25, 0.3) is 0 Å². The van der Waals surface area contributed by atoms with Crippen LogP contribution in [0.15, 0.2) is 18.3 Å². The summed E-state index contributed by atoms with van der Waals surface area (Å²) in [6.07, 6.45) is 2.05. The fourth-order valence-corrected chi connectivity index (χ4v) is 2.20. The van der Waals surface area contributed by atoms with Crippen LogP contribution in [0.2, 0.25) is 0 Å². The largest absolute Gasteiger partial charge is 0.497 e. The highest BCUT2D eigenvalue weighted by molar-refractivity contribution is 5.55. The first-order chi connectivity index (χ1) is 11.6. The Labute approximate surface area is 140 Å². The van der Waals surface area contributed by atoms with Crippen LogP contribution in [0.5, 0.6) is 17.2 Å². The van der Waals surface area contributed by atoms with Crippen LogP contribution in [0.3, 0.4) is 0 Å². The van der Waals surface area contributed by atoms with Crippen molar-refractivity contribution in [3.05, 3.63) is 29.5 Å². The summed E-state index contributed by atoms with van der Waals surface area (Å²) in [4.78, 5) is 7.97. The number of rotatable bonds is 8. The van der Waals surface area contributed by atoms with E-state index in [1.54, 1.807) is 33.6 Å². The van der Waals surface area contributed by atoms with E-state index in [0.29, 0.717) is 42.7 Å². The van der Waals surface area contributed by atoms with E-state index >= 15 is 0 Å². The lowest BCUT2D eigenvalue weighted by Crippen LogP contribution is -2.09. The molecule has 4 N–H and O–H groups in total. The number of nitrogens with two attached hydrogens (primary N) is 2. The third-order valence-corrected chi connectivity index (χ3v) is 3.39. The molecule has 0 atom stereocenters. The molecular weight excluding hydrogens is 312 g/mol. The highest BCUT2D eigenvalue weighted by Crippen LogP contribution is 2.37. The molecule has 0 bridgehead atoms. The van der Waals surface area contributed by atoms with Crippen molar-refractivity contribution in [1.82, 2.24) is 9.97 Å². The monoisotopic (exact) mass is 334 g/mol. The van der Waals surface area contributed by atoms with Crippen molar-refractivity contribution in [2.75, 3.05) is 46.0 Å². The van der Waals surface area contributed by atoms with Gasteiger partial charge in [0.25, 0.3) is 0 Å². The Balaban J connectivity index is 2.40. The zero-order valence-corrected chi connectivity index (χ0v) is 14.0. The van der Waals surface area contributed by atoms with Crippen molar-refractivity contribution >= 4 is 11.8 Å². The Kier molecular flexibility index (Phi) is 6.02. The van der Waals surface area contributed by atoms with Gasteiger partial charge in [0.2, 0.25) is 5.95 Å². The Morgan fingerprint density at radius 1 is 1.00 bits per heavy atom. The lowest BCUT2D eigenvalue weighted by Gasteiger charge is -2.17. The Hall–Kier alpha value is -2.74. The van der Waals surface area contributed by atoms with Gasteiger partial charge in [-0.3, -0.25) is 0 Å². The molecule has 2 aromatic rings. The number of aromatic nitrogens is 2. The van der Waals surface area contributed by atoms with Gasteiger partial charge in [0.1, 0.15) is 18.2 Å². The number of methoxy groups -OCH3 is 3. The van der Waals surface area contributed by atoms with Crippen LogP contribution < -0.4 is 25.7 Å². The van der Waals surface area contributed by atoms with Gasteiger partial charge in [0.05, 0.1) is 20.8 Å². The molecule has 8 heteroatoms. The molecule has 0 saturated carbocycles. The third kappa shape index (κ3) is 4.17. The topological polar surface area (TPSA) is 115 Å². The number of nitrogens with zero attached hydrogens (tertiary/aromatic N) is 2. The van der Waals surface area contributed by atoms with E-state index in [-0.39, 0.29) is 5.95 Å². The van der Waals surface area contributed by atoms with Gasteiger partial charge in [-0.1, -0.05) is 0 Å². The smallest absolute Gasteiger partial charge is 0.221 e. The van der Waals surface area contributed by atoms with Crippen LogP contribution >= 0.6 is 0 Å². The van der Waals surface area contributed by atoms with Gasteiger partial charge in [0.15, 0.2) is 11.5 Å². The fourth-order valence-electron chi connectivity index (χ4n) is 2.20. The summed E-state index contributed by atoms with van der Waals surface area (Å²) in [7, 11) is 4.77. The first-order valence-electron chi connectivity index (χ1n) is 7.32. The molecule has 1 heterocycles. The van der Waals surface area contributed by atoms with E-state index < -0.39 is 0 Å². The maximum absolute atomic E-state index is 5.93. The molecule has 8 nitrogen and oxygen atoms in total. The molecule has 0 spiro atoms. The van der Waals surface area contributed by atoms with Gasteiger partial charge < -0.3 is 30.4 Å². The summed E-state index contributed by atoms with van der Waals surface area (Å²) in [5, 5.41) is 0. The van der Waals surface area contributed by atoms with E-state index in [2.05, 4.69) is 9.97 Å². The lowest BCUT2D eigenvalue weighted by atomic mass is 10.0. The first-order valence-corrected chi connectivity index (χ1v) is 7.32. The second kappa shape index (κ2) is 8.21. The molecule has 0 aliphatic rings. The predicted octanol–water partition coefficient (Wildman–Crippen LogP) is 1.27. The summed E-state index contributed by atoms with van der Waals surface area (Å²) in [5.74, 6) is 2.28. The van der Waals surface area contributed by atoms with E-state index in [9.17, 15) is 0 Å². The molecule has 0 unspecified atom stereocenters. The number of hydrogen-bond acceptors (Lipinski definition) is 8. The molecule has 0 radical (unpaired) electrons. The van der Waals surface area contributed by atoms with Gasteiger partial charge in [-0.25, -0.2) is 4.98 Å². The normalized spacial score (nSPS) is 10.5. The quantitative estimate of drug-likeness (QED) is 0.694. The Morgan fingerprint density at radius 3 is 2.42 bits per heavy atom. The molecule has 0 saturated heterocycles. The van der Waals surface area contributed by atoms with Crippen molar-refractivity contribution in [2.24, 2.45) is 0 Å². The average molecular weight is 334 g/mol. The summed E-state index contributed by atoms with van der Waals surface area (Å²) < 4.78 is 21.6. The third-order valence-electron chi connectivity index (χ3n) is 3.39. The number of hydrogen-bond donors (Lipinski definition) is 2. The molecule has 24 heavy (non-hydrogen) atoms. The fraction of sp³-hybridized carbons (Fsp3) is 0.375. The second-order valence-corrected chi connectivity index (χ2v) is 4.97. The standard InChI is InChI=1S/C16H22N4O4/c1-21-4-5-24-14-10(7-12(22-2)8-13(14)23-3)6-11-9-19-16(18)20-15(11)17/h7-9H,4-6H2,1-3H3,(H4,17,18,19,20). The summed E-state index contributed by atoms with van der Waals surface area (Å²) in [5.41, 5.74) is 13.0. The van der Waals surface area contributed by atoms with Crippen molar-refractivity contribution in [3.8, 4) is 17.2 Å². The molecule has 2 rings (SSSR count). The molecule has 0 amide bonds. The van der Waals surface area contributed by atoms with E-state index in [1.165, 1.54) is 0 Å². The molecule has 0 aliphatic carbocycles. The molecular formula is C16H22N4O4. The van der Waals surface area contributed by atoms with Crippen LogP contribution in [-0.4, -0.2) is 44.5 Å². The zero-order chi connectivity index (χ0) is 17.5. The number of nitrogen functional groups attached to an aromatic ring is 2. The van der Waals surface area contributed by atoms with E-state index in [1.807, 2.05) is 6.07 Å². The maximum atomic E-state index is 5.93. The molecule has 0 fully saturated rings. The molecule has 1 aromatic heterocycles.